The van der Waals surface area contributed by atoms with Gasteiger partial charge in [0.25, 0.3) is 0 Å². The van der Waals surface area contributed by atoms with Gasteiger partial charge in [-0.2, -0.15) is 0 Å². The molecule has 0 saturated heterocycles. The van der Waals surface area contributed by atoms with Crippen molar-refractivity contribution in [1.29, 1.82) is 5.41 Å². The average Bonchev–Trinajstić information content (AvgIpc) is 3.08. The minimum Gasteiger partial charge on any atom is -0.381 e. The Bertz CT molecular complexity index is 909. The van der Waals surface area contributed by atoms with E-state index in [1.165, 1.54) is 35.8 Å². The van der Waals surface area contributed by atoms with Crippen LogP contribution in [0, 0.1) is 22.7 Å². The molecule has 0 aromatic heterocycles. The third-order valence-electron chi connectivity index (χ3n) is 8.43. The largest absolute Gasteiger partial charge is 0.381 e. The van der Waals surface area contributed by atoms with Gasteiger partial charge in [0.1, 0.15) is 0 Å². The summed E-state index contributed by atoms with van der Waals surface area (Å²) in [4.78, 5) is 12.1. The maximum atomic E-state index is 12.1. The van der Waals surface area contributed by atoms with Crippen LogP contribution in [0.1, 0.15) is 68.9 Å². The van der Waals surface area contributed by atoms with Gasteiger partial charge in [0.05, 0.1) is 6.10 Å². The maximum absolute atomic E-state index is 12.1. The number of allylic oxidation sites excluding steroid dienone is 4. The van der Waals surface area contributed by atoms with E-state index >= 15 is 0 Å². The zero-order chi connectivity index (χ0) is 20.2. The molecule has 3 heteroatoms. The summed E-state index contributed by atoms with van der Waals surface area (Å²) in [6, 6.07) is 8.59. The first kappa shape index (κ1) is 19.0. The molecule has 4 aliphatic rings. The predicted molar refractivity (Wildman–Crippen MR) is 115 cm³/mol. The summed E-state index contributed by atoms with van der Waals surface area (Å²) < 4.78 is 6.00. The van der Waals surface area contributed by atoms with Gasteiger partial charge in [-0.05, 0) is 84.1 Å². The van der Waals surface area contributed by atoms with E-state index in [0.717, 1.165) is 31.2 Å². The Labute approximate surface area is 173 Å². The first-order valence-electron chi connectivity index (χ1n) is 11.1. The molecule has 1 N–H and O–H groups in total. The summed E-state index contributed by atoms with van der Waals surface area (Å²) in [6.45, 7) is 2.47. The van der Waals surface area contributed by atoms with E-state index in [0.29, 0.717) is 36.1 Å². The lowest BCUT2D eigenvalue weighted by atomic mass is 9.53. The molecule has 0 heterocycles. The third-order valence-corrected chi connectivity index (χ3v) is 8.43. The van der Waals surface area contributed by atoms with Crippen LogP contribution in [0.25, 0.3) is 0 Å². The zero-order valence-corrected chi connectivity index (χ0v) is 17.5. The van der Waals surface area contributed by atoms with Crippen LogP contribution in [0.2, 0.25) is 0 Å². The number of ketones is 1. The predicted octanol–water partition coefficient (Wildman–Crippen LogP) is 5.60. The van der Waals surface area contributed by atoms with Crippen molar-refractivity contribution >= 4 is 12.0 Å². The second-order valence-electron chi connectivity index (χ2n) is 9.70. The smallest absolute Gasteiger partial charge is 0.156 e. The number of ether oxygens (including phenoxy) is 1. The van der Waals surface area contributed by atoms with E-state index in [1.807, 2.05) is 13.2 Å². The maximum Gasteiger partial charge on any atom is 0.156 e. The van der Waals surface area contributed by atoms with Gasteiger partial charge in [-0.3, -0.25) is 4.79 Å². The molecule has 5 rings (SSSR count). The molecule has 0 bridgehead atoms. The van der Waals surface area contributed by atoms with Gasteiger partial charge in [0.2, 0.25) is 0 Å². The molecular formula is C26H31NO2. The Kier molecular flexibility index (Phi) is 4.62. The molecule has 4 aliphatic carbocycles. The van der Waals surface area contributed by atoms with Crippen LogP contribution < -0.4 is 0 Å². The van der Waals surface area contributed by atoms with Crippen LogP contribution in [0.5, 0.6) is 0 Å². The van der Waals surface area contributed by atoms with Crippen molar-refractivity contribution in [2.45, 2.75) is 63.9 Å². The second-order valence-corrected chi connectivity index (χ2v) is 9.70. The Morgan fingerprint density at radius 1 is 1.10 bits per heavy atom. The van der Waals surface area contributed by atoms with E-state index in [4.69, 9.17) is 10.1 Å². The first-order valence-corrected chi connectivity index (χ1v) is 11.1. The number of methoxy groups -OCH3 is 1. The lowest BCUT2D eigenvalue weighted by Gasteiger charge is -2.52. The van der Waals surface area contributed by atoms with Gasteiger partial charge in [-0.25, -0.2) is 0 Å². The lowest BCUT2D eigenvalue weighted by Crippen LogP contribution is -2.45. The Balaban J connectivity index is 1.66. The number of hydrogen-bond donors (Lipinski definition) is 1. The molecule has 2 saturated carbocycles. The quantitative estimate of drug-likeness (QED) is 0.684. The van der Waals surface area contributed by atoms with E-state index in [1.54, 1.807) is 5.57 Å². The molecule has 0 amide bonds. The fourth-order valence-corrected chi connectivity index (χ4v) is 7.12. The Morgan fingerprint density at radius 3 is 2.62 bits per heavy atom. The Morgan fingerprint density at radius 2 is 1.90 bits per heavy atom. The molecule has 5 unspecified atom stereocenters. The number of nitrogens with one attached hydrogen (secondary N) is 1. The SMILES string of the molecule is COC1CCC2C3CCC4=CC(=O)CCC4=C3C(c3ccc(C=N)cc3)CC12C. The summed E-state index contributed by atoms with van der Waals surface area (Å²) >= 11 is 0. The number of hydrogen-bond acceptors (Lipinski definition) is 3. The van der Waals surface area contributed by atoms with Crippen molar-refractivity contribution in [3.8, 4) is 0 Å². The molecule has 0 aliphatic heterocycles. The van der Waals surface area contributed by atoms with Gasteiger partial charge in [0.15, 0.2) is 5.78 Å². The number of carbonyl (C=O) groups excluding carboxylic acids is 1. The van der Waals surface area contributed by atoms with Gasteiger partial charge in [-0.1, -0.05) is 36.8 Å². The van der Waals surface area contributed by atoms with E-state index in [9.17, 15) is 4.79 Å². The highest BCUT2D eigenvalue weighted by Gasteiger charge is 2.56. The molecule has 152 valence electrons. The minimum atomic E-state index is 0.208. The summed E-state index contributed by atoms with van der Waals surface area (Å²) in [6.07, 6.45) is 11.0. The van der Waals surface area contributed by atoms with Gasteiger partial charge in [0, 0.05) is 25.7 Å². The van der Waals surface area contributed by atoms with Gasteiger partial charge < -0.3 is 10.1 Å². The van der Waals surface area contributed by atoms with E-state index in [-0.39, 0.29) is 5.41 Å². The summed E-state index contributed by atoms with van der Waals surface area (Å²) in [5, 5.41) is 7.53. The minimum absolute atomic E-state index is 0.208. The van der Waals surface area contributed by atoms with Gasteiger partial charge in [-0.15, -0.1) is 0 Å². The molecule has 1 aromatic carbocycles. The fraction of sp³-hybridized carbons (Fsp3) is 0.538. The molecular weight excluding hydrogens is 358 g/mol. The van der Waals surface area contributed by atoms with E-state index < -0.39 is 0 Å². The van der Waals surface area contributed by atoms with Crippen LogP contribution in [0.3, 0.4) is 0 Å². The third kappa shape index (κ3) is 2.89. The molecule has 1 aromatic rings. The molecule has 0 radical (unpaired) electrons. The standard InChI is InChI=1S/C26H31NO2/c1-26-14-22(17-5-3-16(15-27)4-6-17)25-20-10-8-19(28)13-18(20)7-9-21(25)23(26)11-12-24(26)29-2/h3-6,13,15,21-24,27H,7-12,14H2,1-2H3. The number of fused-ring (bicyclic) bond motifs is 4. The highest BCUT2D eigenvalue weighted by molar-refractivity contribution is 5.93. The summed E-state index contributed by atoms with van der Waals surface area (Å²) in [7, 11) is 1.88. The molecule has 2 fully saturated rings. The summed E-state index contributed by atoms with van der Waals surface area (Å²) in [5.41, 5.74) is 6.98. The van der Waals surface area contributed by atoms with Crippen molar-refractivity contribution < 1.29 is 9.53 Å². The van der Waals surface area contributed by atoms with Crippen molar-refractivity contribution in [3.05, 3.63) is 58.2 Å². The molecule has 29 heavy (non-hydrogen) atoms. The molecule has 5 atom stereocenters. The van der Waals surface area contributed by atoms with Crippen molar-refractivity contribution in [2.75, 3.05) is 7.11 Å². The van der Waals surface area contributed by atoms with Crippen molar-refractivity contribution in [2.24, 2.45) is 17.3 Å². The second kappa shape index (κ2) is 7.05. The van der Waals surface area contributed by atoms with Crippen molar-refractivity contribution in [3.63, 3.8) is 0 Å². The zero-order valence-electron chi connectivity index (χ0n) is 17.5. The number of benzene rings is 1. The topological polar surface area (TPSA) is 50.2 Å². The first-order chi connectivity index (χ1) is 14.0. The van der Waals surface area contributed by atoms with Crippen LogP contribution in [-0.4, -0.2) is 25.2 Å². The van der Waals surface area contributed by atoms with Crippen LogP contribution >= 0.6 is 0 Å². The average molecular weight is 390 g/mol. The highest BCUT2D eigenvalue weighted by atomic mass is 16.5. The van der Waals surface area contributed by atoms with Gasteiger partial charge >= 0.3 is 0 Å². The molecule has 0 spiro atoms. The van der Waals surface area contributed by atoms with E-state index in [2.05, 4.69) is 31.2 Å². The normalized spacial score (nSPS) is 36.2. The van der Waals surface area contributed by atoms with Crippen LogP contribution in [-0.2, 0) is 9.53 Å². The fourth-order valence-electron chi connectivity index (χ4n) is 7.12. The Hall–Kier alpha value is -2.00. The number of rotatable bonds is 3. The highest BCUT2D eigenvalue weighted by Crippen LogP contribution is 2.64. The van der Waals surface area contributed by atoms with Crippen molar-refractivity contribution in [1.82, 2.24) is 0 Å². The van der Waals surface area contributed by atoms with Crippen LogP contribution in [0.4, 0.5) is 0 Å². The number of carbonyl (C=O) groups is 1. The lowest BCUT2D eigenvalue weighted by molar-refractivity contribution is -0.114. The monoisotopic (exact) mass is 389 g/mol. The summed E-state index contributed by atoms with van der Waals surface area (Å²) in [5.74, 6) is 1.99. The van der Waals surface area contributed by atoms with Crippen LogP contribution in [0.15, 0.2) is 47.1 Å². The molecule has 3 nitrogen and oxygen atoms in total.